The van der Waals surface area contributed by atoms with E-state index in [0.29, 0.717) is 29.4 Å². The molecule has 0 radical (unpaired) electrons. The Balaban J connectivity index is 1.51. The van der Waals surface area contributed by atoms with Crippen molar-refractivity contribution in [3.05, 3.63) is 48.7 Å². The maximum atomic E-state index is 14.3. The molecule has 1 saturated heterocycles. The minimum absolute atomic E-state index is 0.0633. The van der Waals surface area contributed by atoms with Gasteiger partial charge in [0.25, 0.3) is 0 Å². The third-order valence-corrected chi connectivity index (χ3v) is 6.61. The molecule has 3 aliphatic carbocycles. The van der Waals surface area contributed by atoms with Crippen molar-refractivity contribution in [2.45, 2.75) is 57.7 Å². The Bertz CT molecular complexity index is 653. The van der Waals surface area contributed by atoms with Crippen LogP contribution in [0.5, 0.6) is 0 Å². The number of hydrogen-bond acceptors (Lipinski definition) is 2. The first-order chi connectivity index (χ1) is 11.5. The fourth-order valence-corrected chi connectivity index (χ4v) is 4.69. The molecular formula is C21H27FN2. The summed E-state index contributed by atoms with van der Waals surface area (Å²) >= 11 is 0. The molecular weight excluding hydrogens is 299 g/mol. The topological polar surface area (TPSA) is 15.6 Å². The number of hydrogen-bond donors (Lipinski definition) is 0. The van der Waals surface area contributed by atoms with Gasteiger partial charge in [-0.15, -0.1) is 0 Å². The first-order valence-corrected chi connectivity index (χ1v) is 9.22. The second kappa shape index (κ2) is 5.72. The Morgan fingerprint density at radius 3 is 2.75 bits per heavy atom. The normalized spacial score (nSPS) is 37.0. The van der Waals surface area contributed by atoms with Crippen molar-refractivity contribution in [3.8, 4) is 0 Å². The largest absolute Gasteiger partial charge is 0.263 e. The molecule has 0 aromatic carbocycles. The second-order valence-corrected chi connectivity index (χ2v) is 8.00. The molecule has 0 amide bonds. The Kier molecular flexibility index (Phi) is 3.78. The fraction of sp³-hybridized carbons (Fsp3) is 0.571. The highest BCUT2D eigenvalue weighted by atomic mass is 19.1. The lowest BCUT2D eigenvalue weighted by atomic mass is 9.78. The van der Waals surface area contributed by atoms with Crippen LogP contribution in [0.15, 0.2) is 53.8 Å². The first-order valence-electron chi connectivity index (χ1n) is 9.22. The van der Waals surface area contributed by atoms with E-state index in [4.69, 9.17) is 5.10 Å². The molecule has 1 aliphatic heterocycles. The minimum Gasteiger partial charge on any atom is -0.263 e. The van der Waals surface area contributed by atoms with Crippen LogP contribution in [-0.2, 0) is 0 Å². The van der Waals surface area contributed by atoms with Crippen LogP contribution in [0.1, 0.15) is 45.4 Å². The Morgan fingerprint density at radius 1 is 1.38 bits per heavy atom. The number of halogens is 1. The molecule has 1 heterocycles. The van der Waals surface area contributed by atoms with E-state index in [2.05, 4.69) is 37.5 Å². The predicted octanol–water partition coefficient (Wildman–Crippen LogP) is 5.17. The standard InChI is InChI=1S/C21H27FN2/c1-14(18-13-21(18)10-7-11-21)15(2)23-24-16(3)19(22)12-20(24)17-8-5-4-6-9-17/h4-6,8,17-20H,1,3,7,9-13H2,2H3/b23-15+. The van der Waals surface area contributed by atoms with Gasteiger partial charge in [0.05, 0.1) is 17.5 Å². The molecule has 128 valence electrons. The second-order valence-electron chi connectivity index (χ2n) is 8.00. The molecule has 3 fully saturated rings. The monoisotopic (exact) mass is 326 g/mol. The van der Waals surface area contributed by atoms with Crippen LogP contribution in [0.2, 0.25) is 0 Å². The number of hydrazone groups is 1. The summed E-state index contributed by atoms with van der Waals surface area (Å²) in [5.41, 5.74) is 3.17. The van der Waals surface area contributed by atoms with E-state index < -0.39 is 6.17 Å². The lowest BCUT2D eigenvalue weighted by Crippen LogP contribution is -2.31. The highest BCUT2D eigenvalue weighted by molar-refractivity contribution is 5.98. The van der Waals surface area contributed by atoms with E-state index in [-0.39, 0.29) is 6.04 Å². The van der Waals surface area contributed by atoms with Gasteiger partial charge in [0.1, 0.15) is 6.17 Å². The van der Waals surface area contributed by atoms with Crippen molar-refractivity contribution in [2.24, 2.45) is 22.4 Å². The van der Waals surface area contributed by atoms with E-state index in [1.165, 1.54) is 25.7 Å². The van der Waals surface area contributed by atoms with Crippen LogP contribution in [-0.4, -0.2) is 22.9 Å². The lowest BCUT2D eigenvalue weighted by molar-refractivity contribution is 0.251. The van der Waals surface area contributed by atoms with Crippen molar-refractivity contribution in [3.63, 3.8) is 0 Å². The summed E-state index contributed by atoms with van der Waals surface area (Å²) in [6, 6.07) is 0.0633. The van der Waals surface area contributed by atoms with E-state index >= 15 is 0 Å². The quantitative estimate of drug-likeness (QED) is 0.651. The summed E-state index contributed by atoms with van der Waals surface area (Å²) in [6.45, 7) is 10.3. The SMILES string of the molecule is C=C(/C(C)=N/N1C(=C)C(F)CC1C1C=CC=CC1)C1CC12CCC2. The zero-order chi connectivity index (χ0) is 16.9. The molecule has 4 aliphatic rings. The van der Waals surface area contributed by atoms with E-state index in [1.54, 1.807) is 0 Å². The molecule has 0 N–H and O–H groups in total. The van der Waals surface area contributed by atoms with Gasteiger partial charge in [0.2, 0.25) is 0 Å². The summed E-state index contributed by atoms with van der Waals surface area (Å²) < 4.78 is 14.3. The maximum absolute atomic E-state index is 14.3. The van der Waals surface area contributed by atoms with Gasteiger partial charge < -0.3 is 0 Å². The van der Waals surface area contributed by atoms with Gasteiger partial charge in [-0.3, -0.25) is 5.01 Å². The van der Waals surface area contributed by atoms with Crippen molar-refractivity contribution in [1.29, 1.82) is 0 Å². The summed E-state index contributed by atoms with van der Waals surface area (Å²) in [5.74, 6) is 0.902. The highest BCUT2D eigenvalue weighted by Crippen LogP contribution is 2.67. The first kappa shape index (κ1) is 15.9. The van der Waals surface area contributed by atoms with Crippen LogP contribution >= 0.6 is 0 Å². The van der Waals surface area contributed by atoms with Crippen molar-refractivity contribution in [1.82, 2.24) is 5.01 Å². The van der Waals surface area contributed by atoms with Crippen molar-refractivity contribution >= 4 is 5.71 Å². The maximum Gasteiger partial charge on any atom is 0.143 e. The van der Waals surface area contributed by atoms with Crippen LogP contribution in [0, 0.1) is 17.3 Å². The van der Waals surface area contributed by atoms with Gasteiger partial charge in [-0.25, -0.2) is 4.39 Å². The van der Waals surface area contributed by atoms with Crippen molar-refractivity contribution < 1.29 is 4.39 Å². The number of rotatable bonds is 4. The molecule has 24 heavy (non-hydrogen) atoms. The Hall–Kier alpha value is -1.64. The molecule has 4 rings (SSSR count). The fourth-order valence-electron chi connectivity index (χ4n) is 4.69. The number of alkyl halides is 1. The molecule has 4 unspecified atom stereocenters. The van der Waals surface area contributed by atoms with Crippen molar-refractivity contribution in [2.75, 3.05) is 0 Å². The van der Waals surface area contributed by atoms with Gasteiger partial charge >= 0.3 is 0 Å². The molecule has 2 saturated carbocycles. The van der Waals surface area contributed by atoms with Crippen LogP contribution in [0.25, 0.3) is 0 Å². The lowest BCUT2D eigenvalue weighted by Gasteiger charge is -2.30. The molecule has 0 aromatic rings. The smallest absolute Gasteiger partial charge is 0.143 e. The molecule has 0 bridgehead atoms. The third kappa shape index (κ3) is 2.49. The summed E-state index contributed by atoms with van der Waals surface area (Å²) in [5, 5.41) is 6.66. The zero-order valence-electron chi connectivity index (χ0n) is 14.5. The molecule has 4 atom stereocenters. The number of allylic oxidation sites excluding steroid dienone is 5. The molecule has 2 nitrogen and oxygen atoms in total. The van der Waals surface area contributed by atoms with Gasteiger partial charge in [0, 0.05) is 12.3 Å². The van der Waals surface area contributed by atoms with Gasteiger partial charge in [-0.1, -0.05) is 43.9 Å². The van der Waals surface area contributed by atoms with Gasteiger partial charge in [0.15, 0.2) is 0 Å². The third-order valence-electron chi connectivity index (χ3n) is 6.61. The molecule has 1 spiro atoms. The van der Waals surface area contributed by atoms with E-state index in [1.807, 2.05) is 11.9 Å². The summed E-state index contributed by atoms with van der Waals surface area (Å²) in [4.78, 5) is 0. The average molecular weight is 326 g/mol. The van der Waals surface area contributed by atoms with Crippen LogP contribution < -0.4 is 0 Å². The van der Waals surface area contributed by atoms with E-state index in [9.17, 15) is 4.39 Å². The Morgan fingerprint density at radius 2 is 2.17 bits per heavy atom. The van der Waals surface area contributed by atoms with Gasteiger partial charge in [-0.05, 0) is 49.5 Å². The molecule has 0 aromatic heterocycles. The van der Waals surface area contributed by atoms with Gasteiger partial charge in [-0.2, -0.15) is 5.10 Å². The average Bonchev–Trinajstić information content (AvgIpc) is 3.27. The number of nitrogens with zero attached hydrogens (tertiary/aromatic N) is 2. The summed E-state index contributed by atoms with van der Waals surface area (Å²) in [7, 11) is 0. The van der Waals surface area contributed by atoms with Crippen LogP contribution in [0.3, 0.4) is 0 Å². The summed E-state index contributed by atoms with van der Waals surface area (Å²) in [6.07, 6.45) is 14.2. The van der Waals surface area contributed by atoms with E-state index in [0.717, 1.165) is 17.7 Å². The Labute approximate surface area is 144 Å². The zero-order valence-corrected chi connectivity index (χ0v) is 14.5. The highest BCUT2D eigenvalue weighted by Gasteiger charge is 2.58. The van der Waals surface area contributed by atoms with Crippen LogP contribution in [0.4, 0.5) is 4.39 Å². The minimum atomic E-state index is -0.988. The molecule has 3 heteroatoms. The predicted molar refractivity (Wildman–Crippen MR) is 97.3 cm³/mol.